The first-order chi connectivity index (χ1) is 11.2. The molecular weight excluding hydrogens is 286 g/mol. The number of aromatic amines is 1. The van der Waals surface area contributed by atoms with E-state index in [1.54, 1.807) is 0 Å². The van der Waals surface area contributed by atoms with E-state index in [1.807, 2.05) is 6.07 Å². The highest BCUT2D eigenvalue weighted by Crippen LogP contribution is 2.53. The van der Waals surface area contributed by atoms with Gasteiger partial charge in [-0.05, 0) is 23.3 Å². The van der Waals surface area contributed by atoms with Crippen molar-refractivity contribution in [3.63, 3.8) is 0 Å². The predicted molar refractivity (Wildman–Crippen MR) is 90.5 cm³/mol. The summed E-state index contributed by atoms with van der Waals surface area (Å²) in [7, 11) is 2.06. The van der Waals surface area contributed by atoms with E-state index >= 15 is 0 Å². The molecule has 1 saturated heterocycles. The highest BCUT2D eigenvalue weighted by molar-refractivity contribution is 5.92. The molecule has 0 radical (unpaired) electrons. The lowest BCUT2D eigenvalue weighted by atomic mass is 9.73. The predicted octanol–water partition coefficient (Wildman–Crippen LogP) is 2.75. The second-order valence-electron chi connectivity index (χ2n) is 6.49. The molecule has 114 valence electrons. The number of carbonyl (C=O) groups is 1. The van der Waals surface area contributed by atoms with Gasteiger partial charge in [0, 0.05) is 36.3 Å². The SMILES string of the molecule is CN1c2ccccc2[C@]2(c3c[nH]c4ccccc34)CC(=O)N[C@H]12. The van der Waals surface area contributed by atoms with E-state index in [2.05, 4.69) is 70.9 Å². The van der Waals surface area contributed by atoms with Crippen molar-refractivity contribution in [3.05, 3.63) is 65.9 Å². The molecule has 0 aliphatic carbocycles. The average molecular weight is 303 g/mol. The Labute approximate surface area is 134 Å². The molecule has 1 fully saturated rings. The molecule has 4 nitrogen and oxygen atoms in total. The number of nitrogens with zero attached hydrogens (tertiary/aromatic N) is 1. The van der Waals surface area contributed by atoms with Crippen LogP contribution in [0, 0.1) is 0 Å². The van der Waals surface area contributed by atoms with E-state index in [1.165, 1.54) is 22.2 Å². The van der Waals surface area contributed by atoms with Crippen molar-refractivity contribution in [2.45, 2.75) is 18.0 Å². The molecule has 3 heterocycles. The summed E-state index contributed by atoms with van der Waals surface area (Å²) in [5.74, 6) is 0.113. The van der Waals surface area contributed by atoms with Gasteiger partial charge >= 0.3 is 0 Å². The van der Waals surface area contributed by atoms with Crippen molar-refractivity contribution >= 4 is 22.5 Å². The molecule has 2 aromatic carbocycles. The van der Waals surface area contributed by atoms with Crippen LogP contribution in [0.15, 0.2) is 54.7 Å². The van der Waals surface area contributed by atoms with Crippen LogP contribution in [0.5, 0.6) is 0 Å². The molecule has 0 unspecified atom stereocenters. The van der Waals surface area contributed by atoms with Gasteiger partial charge in [-0.25, -0.2) is 0 Å². The Morgan fingerprint density at radius 1 is 1.09 bits per heavy atom. The van der Waals surface area contributed by atoms with Gasteiger partial charge in [-0.3, -0.25) is 4.79 Å². The second kappa shape index (κ2) is 4.16. The normalized spacial score (nSPS) is 25.5. The number of para-hydroxylation sites is 2. The van der Waals surface area contributed by atoms with Crippen molar-refractivity contribution in [3.8, 4) is 0 Å². The minimum Gasteiger partial charge on any atom is -0.361 e. The minimum absolute atomic E-state index is 0.0355. The Morgan fingerprint density at radius 2 is 1.87 bits per heavy atom. The van der Waals surface area contributed by atoms with Crippen LogP contribution in [0.1, 0.15) is 17.5 Å². The van der Waals surface area contributed by atoms with Gasteiger partial charge in [0.15, 0.2) is 0 Å². The number of carbonyl (C=O) groups excluding carboxylic acids is 1. The topological polar surface area (TPSA) is 48.1 Å². The van der Waals surface area contributed by atoms with E-state index in [0.717, 1.165) is 5.52 Å². The van der Waals surface area contributed by atoms with Crippen molar-refractivity contribution in [2.24, 2.45) is 0 Å². The molecule has 2 atom stereocenters. The van der Waals surface area contributed by atoms with Crippen LogP contribution in [0.3, 0.4) is 0 Å². The number of likely N-dealkylation sites (N-methyl/N-ethyl adjacent to an activating group) is 1. The summed E-state index contributed by atoms with van der Waals surface area (Å²) in [5, 5.41) is 4.37. The van der Waals surface area contributed by atoms with E-state index < -0.39 is 0 Å². The molecule has 1 amide bonds. The highest BCUT2D eigenvalue weighted by Gasteiger charge is 2.57. The number of rotatable bonds is 1. The molecule has 0 spiro atoms. The molecule has 4 heteroatoms. The van der Waals surface area contributed by atoms with E-state index in [-0.39, 0.29) is 17.5 Å². The lowest BCUT2D eigenvalue weighted by molar-refractivity contribution is -0.119. The zero-order valence-corrected chi connectivity index (χ0v) is 12.8. The van der Waals surface area contributed by atoms with E-state index in [0.29, 0.717) is 6.42 Å². The van der Waals surface area contributed by atoms with Gasteiger partial charge < -0.3 is 15.2 Å². The largest absolute Gasteiger partial charge is 0.361 e. The third-order valence-electron chi connectivity index (χ3n) is 5.43. The first kappa shape index (κ1) is 12.8. The summed E-state index contributed by atoms with van der Waals surface area (Å²) in [4.78, 5) is 17.9. The number of aromatic nitrogens is 1. The Hall–Kier alpha value is -2.75. The first-order valence-corrected chi connectivity index (χ1v) is 7.90. The number of anilines is 1. The number of nitrogens with one attached hydrogen (secondary N) is 2. The standard InChI is InChI=1S/C19H17N3O/c1-22-16-9-5-3-7-13(16)19(10-17(23)21-18(19)22)14-11-20-15-8-4-2-6-12(14)15/h2-9,11,18,20H,10H2,1H3,(H,21,23)/t18-,19+/m1/s1. The molecule has 2 aliphatic heterocycles. The van der Waals surface area contributed by atoms with Gasteiger partial charge in [0.1, 0.15) is 6.17 Å². The Morgan fingerprint density at radius 3 is 2.78 bits per heavy atom. The fraction of sp³-hybridized carbons (Fsp3) is 0.211. The van der Waals surface area contributed by atoms with Crippen molar-refractivity contribution in [2.75, 3.05) is 11.9 Å². The molecule has 2 N–H and O–H groups in total. The van der Waals surface area contributed by atoms with Crippen LogP contribution < -0.4 is 10.2 Å². The van der Waals surface area contributed by atoms with Crippen LogP contribution in [0.4, 0.5) is 5.69 Å². The van der Waals surface area contributed by atoms with Crippen LogP contribution in [-0.2, 0) is 10.2 Å². The summed E-state index contributed by atoms with van der Waals surface area (Å²) < 4.78 is 0. The van der Waals surface area contributed by atoms with Crippen LogP contribution >= 0.6 is 0 Å². The van der Waals surface area contributed by atoms with Gasteiger partial charge in [-0.2, -0.15) is 0 Å². The Kier molecular flexibility index (Phi) is 2.31. The van der Waals surface area contributed by atoms with Crippen molar-refractivity contribution in [1.29, 1.82) is 0 Å². The number of benzene rings is 2. The summed E-state index contributed by atoms with van der Waals surface area (Å²) in [6.07, 6.45) is 2.53. The van der Waals surface area contributed by atoms with Crippen LogP contribution in [0.2, 0.25) is 0 Å². The first-order valence-electron chi connectivity index (χ1n) is 7.90. The average Bonchev–Trinajstić information content (AvgIpc) is 3.21. The maximum atomic E-state index is 12.3. The molecule has 23 heavy (non-hydrogen) atoms. The summed E-state index contributed by atoms with van der Waals surface area (Å²) in [6, 6.07) is 16.7. The highest BCUT2D eigenvalue weighted by atomic mass is 16.2. The smallest absolute Gasteiger partial charge is 0.223 e. The van der Waals surface area contributed by atoms with Crippen LogP contribution in [-0.4, -0.2) is 24.1 Å². The summed E-state index contributed by atoms with van der Waals surface area (Å²) in [6.45, 7) is 0. The molecule has 0 saturated carbocycles. The third-order valence-corrected chi connectivity index (χ3v) is 5.43. The van der Waals surface area contributed by atoms with Gasteiger partial charge in [0.05, 0.1) is 5.41 Å². The number of hydrogen-bond acceptors (Lipinski definition) is 2. The van der Waals surface area contributed by atoms with Crippen LogP contribution in [0.25, 0.3) is 10.9 Å². The maximum absolute atomic E-state index is 12.3. The van der Waals surface area contributed by atoms with Crippen molar-refractivity contribution in [1.82, 2.24) is 10.3 Å². The van der Waals surface area contributed by atoms with Gasteiger partial charge in [0.2, 0.25) is 5.91 Å². The van der Waals surface area contributed by atoms with E-state index in [9.17, 15) is 4.79 Å². The monoisotopic (exact) mass is 303 g/mol. The van der Waals surface area contributed by atoms with Gasteiger partial charge in [-0.1, -0.05) is 36.4 Å². The van der Waals surface area contributed by atoms with Crippen molar-refractivity contribution < 1.29 is 4.79 Å². The molecule has 0 bridgehead atoms. The number of hydrogen-bond donors (Lipinski definition) is 2. The lowest BCUT2D eigenvalue weighted by Gasteiger charge is -2.31. The zero-order valence-electron chi connectivity index (χ0n) is 12.8. The minimum atomic E-state index is -0.331. The molecule has 1 aromatic heterocycles. The Bertz CT molecular complexity index is 944. The lowest BCUT2D eigenvalue weighted by Crippen LogP contribution is -2.47. The quantitative estimate of drug-likeness (QED) is 0.726. The van der Waals surface area contributed by atoms with Gasteiger partial charge in [-0.15, -0.1) is 0 Å². The number of H-pyrrole nitrogens is 1. The fourth-order valence-corrected chi connectivity index (χ4v) is 4.47. The molecule has 3 aromatic rings. The molecule has 5 rings (SSSR count). The summed E-state index contributed by atoms with van der Waals surface area (Å²) in [5.41, 5.74) is 4.41. The zero-order chi connectivity index (χ0) is 15.6. The number of fused-ring (bicyclic) bond motifs is 4. The second-order valence-corrected chi connectivity index (χ2v) is 6.49. The number of amides is 1. The summed E-state index contributed by atoms with van der Waals surface area (Å²) >= 11 is 0. The van der Waals surface area contributed by atoms with Gasteiger partial charge in [0.25, 0.3) is 0 Å². The molecule has 2 aliphatic rings. The fourth-order valence-electron chi connectivity index (χ4n) is 4.47. The maximum Gasteiger partial charge on any atom is 0.223 e. The molecular formula is C19H17N3O. The third kappa shape index (κ3) is 1.43. The van der Waals surface area contributed by atoms with E-state index in [4.69, 9.17) is 0 Å². The Balaban J connectivity index is 1.86.